The first-order valence-electron chi connectivity index (χ1n) is 10.6. The number of carbonyl (C=O) groups excluding carboxylic acids is 1. The molecule has 3 rings (SSSR count). The van der Waals surface area contributed by atoms with Gasteiger partial charge in [-0.25, -0.2) is 12.8 Å². The summed E-state index contributed by atoms with van der Waals surface area (Å²) in [6.45, 7) is 1.76. The van der Waals surface area contributed by atoms with Crippen LogP contribution in [-0.2, 0) is 21.2 Å². The fourth-order valence-corrected chi connectivity index (χ4v) is 4.79. The highest BCUT2D eigenvalue weighted by Gasteiger charge is 2.29. The van der Waals surface area contributed by atoms with E-state index in [2.05, 4.69) is 10.0 Å². The third kappa shape index (κ3) is 6.12. The lowest BCUT2D eigenvalue weighted by Crippen LogP contribution is -2.48. The number of ether oxygens (including phenoxy) is 2. The normalized spacial score (nSPS) is 13.1. The van der Waals surface area contributed by atoms with Crippen molar-refractivity contribution in [3.8, 4) is 11.5 Å². The van der Waals surface area contributed by atoms with Crippen LogP contribution in [-0.4, -0.2) is 34.6 Å². The molecule has 0 bridgehead atoms. The van der Waals surface area contributed by atoms with Crippen molar-refractivity contribution >= 4 is 15.9 Å². The average molecular weight is 487 g/mol. The third-order valence-corrected chi connectivity index (χ3v) is 6.79. The number of hydrogen-bond acceptors (Lipinski definition) is 5. The molecular formula is C25H27FN2O5S. The predicted molar refractivity (Wildman–Crippen MR) is 127 cm³/mol. The molecule has 2 N–H and O–H groups in total. The van der Waals surface area contributed by atoms with Crippen molar-refractivity contribution < 1.29 is 27.1 Å². The molecule has 0 saturated heterocycles. The van der Waals surface area contributed by atoms with Crippen molar-refractivity contribution in [3.05, 3.63) is 89.7 Å². The molecule has 7 nitrogen and oxygen atoms in total. The lowest BCUT2D eigenvalue weighted by Gasteiger charge is -2.23. The van der Waals surface area contributed by atoms with E-state index in [-0.39, 0.29) is 6.42 Å². The summed E-state index contributed by atoms with van der Waals surface area (Å²) in [7, 11) is -1.26. The molecule has 0 heterocycles. The zero-order chi connectivity index (χ0) is 24.7. The maximum Gasteiger partial charge on any atom is 0.244 e. The summed E-state index contributed by atoms with van der Waals surface area (Å²) in [5.74, 6) is -0.350. The van der Waals surface area contributed by atoms with Gasteiger partial charge in [0.1, 0.15) is 28.3 Å². The first kappa shape index (κ1) is 25.2. The number of sulfonamides is 1. The molecule has 0 aliphatic carbocycles. The quantitative estimate of drug-likeness (QED) is 0.457. The van der Waals surface area contributed by atoms with E-state index in [0.717, 1.165) is 17.7 Å². The minimum absolute atomic E-state index is 0.0762. The van der Waals surface area contributed by atoms with Crippen molar-refractivity contribution in [1.82, 2.24) is 10.0 Å². The van der Waals surface area contributed by atoms with E-state index >= 15 is 0 Å². The molecule has 0 saturated carbocycles. The minimum atomic E-state index is -4.30. The number of halogens is 1. The molecule has 9 heteroatoms. The van der Waals surface area contributed by atoms with E-state index < -0.39 is 38.7 Å². The third-order valence-electron chi connectivity index (χ3n) is 5.29. The number of methoxy groups -OCH3 is 2. The van der Waals surface area contributed by atoms with Gasteiger partial charge in [0.15, 0.2) is 0 Å². The second-order valence-corrected chi connectivity index (χ2v) is 9.31. The second kappa shape index (κ2) is 11.1. The Morgan fingerprint density at radius 1 is 0.971 bits per heavy atom. The van der Waals surface area contributed by atoms with E-state index in [1.807, 2.05) is 6.07 Å². The average Bonchev–Trinajstić information content (AvgIpc) is 2.83. The zero-order valence-electron chi connectivity index (χ0n) is 19.1. The monoisotopic (exact) mass is 486 g/mol. The highest BCUT2D eigenvalue weighted by atomic mass is 32.2. The fourth-order valence-electron chi connectivity index (χ4n) is 3.52. The Labute approximate surface area is 199 Å². The number of nitrogens with one attached hydrogen (secondary N) is 2. The molecule has 0 fully saturated rings. The maximum atomic E-state index is 14.2. The van der Waals surface area contributed by atoms with Crippen LogP contribution in [0.5, 0.6) is 11.5 Å². The van der Waals surface area contributed by atoms with Gasteiger partial charge in [0.25, 0.3) is 0 Å². The number of benzene rings is 3. The van der Waals surface area contributed by atoms with Gasteiger partial charge >= 0.3 is 0 Å². The number of amides is 1. The lowest BCUT2D eigenvalue weighted by atomic mass is 10.0. The molecule has 0 aliphatic rings. The van der Waals surface area contributed by atoms with Crippen LogP contribution in [0.25, 0.3) is 0 Å². The Hall–Kier alpha value is -3.43. The fraction of sp³-hybridized carbons (Fsp3) is 0.240. The topological polar surface area (TPSA) is 93.7 Å². The van der Waals surface area contributed by atoms with Crippen molar-refractivity contribution in [2.75, 3.05) is 14.2 Å². The summed E-state index contributed by atoms with van der Waals surface area (Å²) in [6, 6.07) is 17.5. The van der Waals surface area contributed by atoms with Gasteiger partial charge in [-0.15, -0.1) is 0 Å². The summed E-state index contributed by atoms with van der Waals surface area (Å²) < 4.78 is 53.0. The summed E-state index contributed by atoms with van der Waals surface area (Å²) in [6.07, 6.45) is 0.0762. The van der Waals surface area contributed by atoms with E-state index in [9.17, 15) is 17.6 Å². The van der Waals surface area contributed by atoms with Crippen LogP contribution in [0.3, 0.4) is 0 Å². The molecule has 0 radical (unpaired) electrons. The molecule has 0 spiro atoms. The van der Waals surface area contributed by atoms with Gasteiger partial charge < -0.3 is 14.8 Å². The van der Waals surface area contributed by atoms with Crippen LogP contribution in [0, 0.1) is 5.82 Å². The van der Waals surface area contributed by atoms with Crippen LogP contribution in [0.4, 0.5) is 4.39 Å². The van der Waals surface area contributed by atoms with Gasteiger partial charge in [0.2, 0.25) is 15.9 Å². The van der Waals surface area contributed by atoms with Crippen molar-refractivity contribution in [1.29, 1.82) is 0 Å². The van der Waals surface area contributed by atoms with Crippen molar-refractivity contribution in [2.45, 2.75) is 30.3 Å². The Morgan fingerprint density at radius 3 is 2.29 bits per heavy atom. The molecule has 3 aromatic carbocycles. The molecule has 34 heavy (non-hydrogen) atoms. The Morgan fingerprint density at radius 2 is 1.65 bits per heavy atom. The zero-order valence-corrected chi connectivity index (χ0v) is 19.9. The highest BCUT2D eigenvalue weighted by molar-refractivity contribution is 7.89. The second-order valence-electron chi connectivity index (χ2n) is 7.63. The molecule has 2 atom stereocenters. The van der Waals surface area contributed by atoms with E-state index in [0.29, 0.717) is 17.1 Å². The summed E-state index contributed by atoms with van der Waals surface area (Å²) in [5.41, 5.74) is 1.43. The smallest absolute Gasteiger partial charge is 0.244 e. The van der Waals surface area contributed by atoms with Gasteiger partial charge in [0, 0.05) is 11.6 Å². The van der Waals surface area contributed by atoms with E-state index in [1.54, 1.807) is 49.4 Å². The number of hydrogen-bond donors (Lipinski definition) is 2. The lowest BCUT2D eigenvalue weighted by molar-refractivity contribution is -0.123. The molecule has 1 amide bonds. The van der Waals surface area contributed by atoms with E-state index in [1.165, 1.54) is 26.4 Å². The van der Waals surface area contributed by atoms with Crippen molar-refractivity contribution in [2.24, 2.45) is 0 Å². The molecule has 0 aliphatic heterocycles. The first-order valence-corrected chi connectivity index (χ1v) is 12.1. The molecule has 0 aromatic heterocycles. The summed E-state index contributed by atoms with van der Waals surface area (Å²) >= 11 is 0. The highest BCUT2D eigenvalue weighted by Crippen LogP contribution is 2.29. The van der Waals surface area contributed by atoms with Crippen LogP contribution >= 0.6 is 0 Å². The van der Waals surface area contributed by atoms with Gasteiger partial charge in [-0.3, -0.25) is 4.79 Å². The predicted octanol–water partition coefficient (Wildman–Crippen LogP) is 3.61. The van der Waals surface area contributed by atoms with Crippen molar-refractivity contribution in [3.63, 3.8) is 0 Å². The summed E-state index contributed by atoms with van der Waals surface area (Å²) in [4.78, 5) is 12.7. The SMILES string of the molecule is COc1ccc(C(C)NC(=O)[C@H](Cc2ccccc2)NS(=O)(=O)c2ccccc2F)c(OC)c1. The Kier molecular flexibility index (Phi) is 8.25. The van der Waals surface area contributed by atoms with Gasteiger partial charge in [0.05, 0.1) is 20.3 Å². The largest absolute Gasteiger partial charge is 0.497 e. The Balaban J connectivity index is 1.87. The van der Waals surface area contributed by atoms with Gasteiger partial charge in [-0.2, -0.15) is 4.72 Å². The Bertz CT molecular complexity index is 1240. The van der Waals surface area contributed by atoms with Crippen LogP contribution in [0.15, 0.2) is 77.7 Å². The summed E-state index contributed by atoms with van der Waals surface area (Å²) in [5, 5.41) is 2.84. The number of carbonyl (C=O) groups is 1. The maximum absolute atomic E-state index is 14.2. The minimum Gasteiger partial charge on any atom is -0.497 e. The molecule has 1 unspecified atom stereocenters. The van der Waals surface area contributed by atoms with Crippen LogP contribution in [0.2, 0.25) is 0 Å². The van der Waals surface area contributed by atoms with Gasteiger partial charge in [-0.1, -0.05) is 42.5 Å². The van der Waals surface area contributed by atoms with Gasteiger partial charge in [-0.05, 0) is 43.2 Å². The molecular weight excluding hydrogens is 459 g/mol. The van der Waals surface area contributed by atoms with Crippen LogP contribution in [0.1, 0.15) is 24.1 Å². The van der Waals surface area contributed by atoms with Crippen LogP contribution < -0.4 is 19.5 Å². The van der Waals surface area contributed by atoms with E-state index in [4.69, 9.17) is 9.47 Å². The first-order chi connectivity index (χ1) is 16.2. The standard InChI is InChI=1S/C25H27FN2O5S/c1-17(20-14-13-19(32-2)16-23(20)33-3)27-25(29)22(15-18-9-5-4-6-10-18)28-34(30,31)24-12-8-7-11-21(24)26/h4-14,16-17,22,28H,15H2,1-3H3,(H,27,29)/t17?,22-/m0/s1. The molecule has 180 valence electrons. The molecule has 3 aromatic rings. The number of rotatable bonds is 10.